The standard InChI is InChI=1S/C20H30O3/c1-12-13-5-6-14-19(3)8-4-7-18(2,11-21)15(19)9-16(22)20(14,10-13)17(12)23/h13-16,21-22H,1,4-11H2,2-3H3/t13-,14+,15-,16+,18-,19+,20-/m1/s1. The van der Waals surface area contributed by atoms with Gasteiger partial charge in [0.1, 0.15) is 0 Å². The van der Waals surface area contributed by atoms with Crippen molar-refractivity contribution in [3.8, 4) is 0 Å². The minimum absolute atomic E-state index is 0.0558. The van der Waals surface area contributed by atoms with E-state index in [0.29, 0.717) is 18.3 Å². The number of fused-ring (bicyclic) bond motifs is 3. The van der Waals surface area contributed by atoms with E-state index in [1.54, 1.807) is 0 Å². The number of carbonyl (C=O) groups excluding carboxylic acids is 1. The number of aliphatic hydroxyl groups is 2. The summed E-state index contributed by atoms with van der Waals surface area (Å²) in [5.41, 5.74) is 0.138. The molecule has 7 atom stereocenters. The predicted octanol–water partition coefficient (Wildman–Crippen LogP) is 3.10. The Kier molecular flexibility index (Phi) is 3.23. The molecule has 0 aliphatic heterocycles. The van der Waals surface area contributed by atoms with Crippen LogP contribution in [0.5, 0.6) is 0 Å². The van der Waals surface area contributed by atoms with Crippen LogP contribution in [0.2, 0.25) is 0 Å². The van der Waals surface area contributed by atoms with Crippen LogP contribution in [0, 0.1) is 34.0 Å². The lowest BCUT2D eigenvalue weighted by Crippen LogP contribution is -2.63. The van der Waals surface area contributed by atoms with Gasteiger partial charge in [0.25, 0.3) is 0 Å². The molecule has 4 aliphatic rings. The third-order valence-electron chi connectivity index (χ3n) is 8.53. The molecule has 0 radical (unpaired) electrons. The molecule has 2 N–H and O–H groups in total. The molecule has 0 amide bonds. The highest BCUT2D eigenvalue weighted by atomic mass is 16.3. The van der Waals surface area contributed by atoms with Crippen molar-refractivity contribution in [2.75, 3.05) is 6.61 Å². The zero-order valence-corrected chi connectivity index (χ0v) is 14.5. The summed E-state index contributed by atoms with van der Waals surface area (Å²) in [6, 6.07) is 0. The molecule has 23 heavy (non-hydrogen) atoms. The molecule has 0 saturated heterocycles. The van der Waals surface area contributed by atoms with E-state index in [1.165, 1.54) is 0 Å². The molecule has 4 rings (SSSR count). The Balaban J connectivity index is 1.83. The second-order valence-electron chi connectivity index (χ2n) is 9.40. The van der Waals surface area contributed by atoms with Gasteiger partial charge in [0.2, 0.25) is 0 Å². The molecule has 3 heteroatoms. The fraction of sp³-hybridized carbons (Fsp3) is 0.850. The van der Waals surface area contributed by atoms with Crippen molar-refractivity contribution in [3.63, 3.8) is 0 Å². The first kappa shape index (κ1) is 15.8. The Labute approximate surface area is 139 Å². The average Bonchev–Trinajstić information content (AvgIpc) is 2.72. The summed E-state index contributed by atoms with van der Waals surface area (Å²) in [5, 5.41) is 21.2. The van der Waals surface area contributed by atoms with Crippen LogP contribution in [0.25, 0.3) is 0 Å². The van der Waals surface area contributed by atoms with Crippen LogP contribution in [-0.4, -0.2) is 28.7 Å². The summed E-state index contributed by atoms with van der Waals surface area (Å²) >= 11 is 0. The fourth-order valence-corrected chi connectivity index (χ4v) is 7.36. The summed E-state index contributed by atoms with van der Waals surface area (Å²) in [7, 11) is 0. The number of allylic oxidation sites excluding steroid dienone is 1. The third kappa shape index (κ3) is 1.71. The summed E-state index contributed by atoms with van der Waals surface area (Å²) in [4.78, 5) is 13.1. The molecule has 0 aromatic carbocycles. The molecule has 0 unspecified atom stereocenters. The van der Waals surface area contributed by atoms with Gasteiger partial charge in [-0.2, -0.15) is 0 Å². The zero-order chi connectivity index (χ0) is 16.6. The lowest BCUT2D eigenvalue weighted by molar-refractivity contribution is -0.204. The second-order valence-corrected chi connectivity index (χ2v) is 9.40. The second kappa shape index (κ2) is 4.70. The van der Waals surface area contributed by atoms with Crippen molar-refractivity contribution in [3.05, 3.63) is 12.2 Å². The quantitative estimate of drug-likeness (QED) is 0.731. The van der Waals surface area contributed by atoms with E-state index in [2.05, 4.69) is 20.4 Å². The largest absolute Gasteiger partial charge is 0.396 e. The summed E-state index contributed by atoms with van der Waals surface area (Å²) in [5.74, 6) is 1.00. The van der Waals surface area contributed by atoms with Gasteiger partial charge in [0.05, 0.1) is 11.5 Å². The zero-order valence-electron chi connectivity index (χ0n) is 14.5. The molecule has 4 saturated carbocycles. The normalized spacial score (nSPS) is 55.5. The number of rotatable bonds is 1. The Morgan fingerprint density at radius 1 is 1.22 bits per heavy atom. The molecule has 0 heterocycles. The van der Waals surface area contributed by atoms with Crippen molar-refractivity contribution >= 4 is 5.78 Å². The van der Waals surface area contributed by atoms with Crippen molar-refractivity contribution in [2.45, 2.75) is 64.9 Å². The highest BCUT2D eigenvalue weighted by Gasteiger charge is 2.70. The van der Waals surface area contributed by atoms with Crippen LogP contribution in [0.3, 0.4) is 0 Å². The molecule has 2 bridgehead atoms. The minimum Gasteiger partial charge on any atom is -0.396 e. The number of Topliss-reactive ketones (excluding diaryl/α,β-unsaturated/α-hetero) is 1. The first-order chi connectivity index (χ1) is 10.8. The molecule has 0 aromatic heterocycles. The molecule has 1 spiro atoms. The van der Waals surface area contributed by atoms with E-state index < -0.39 is 11.5 Å². The van der Waals surface area contributed by atoms with Crippen molar-refractivity contribution in [1.29, 1.82) is 0 Å². The van der Waals surface area contributed by atoms with Crippen molar-refractivity contribution < 1.29 is 15.0 Å². The van der Waals surface area contributed by atoms with Gasteiger partial charge in [-0.15, -0.1) is 0 Å². The molecule has 0 aromatic rings. The maximum absolute atomic E-state index is 13.1. The average molecular weight is 318 g/mol. The van der Waals surface area contributed by atoms with E-state index in [1.807, 2.05) is 0 Å². The fourth-order valence-electron chi connectivity index (χ4n) is 7.36. The van der Waals surface area contributed by atoms with Gasteiger partial charge < -0.3 is 10.2 Å². The van der Waals surface area contributed by atoms with Crippen molar-refractivity contribution in [2.24, 2.45) is 34.0 Å². The van der Waals surface area contributed by atoms with Crippen LogP contribution in [0.15, 0.2) is 12.2 Å². The van der Waals surface area contributed by atoms with Gasteiger partial charge in [-0.3, -0.25) is 4.79 Å². The smallest absolute Gasteiger partial charge is 0.167 e. The van der Waals surface area contributed by atoms with Gasteiger partial charge in [-0.25, -0.2) is 0 Å². The maximum atomic E-state index is 13.1. The lowest BCUT2D eigenvalue weighted by Gasteiger charge is -2.64. The summed E-state index contributed by atoms with van der Waals surface area (Å²) in [6.45, 7) is 8.78. The van der Waals surface area contributed by atoms with Gasteiger partial charge in [0.15, 0.2) is 5.78 Å². The van der Waals surface area contributed by atoms with E-state index in [9.17, 15) is 15.0 Å². The lowest BCUT2D eigenvalue weighted by atomic mass is 9.40. The van der Waals surface area contributed by atoms with Gasteiger partial charge >= 0.3 is 0 Å². The summed E-state index contributed by atoms with van der Waals surface area (Å²) in [6.07, 6.45) is 6.25. The summed E-state index contributed by atoms with van der Waals surface area (Å²) < 4.78 is 0. The molecule has 4 fully saturated rings. The number of aliphatic hydroxyl groups excluding tert-OH is 2. The van der Waals surface area contributed by atoms with E-state index in [-0.39, 0.29) is 29.1 Å². The first-order valence-electron chi connectivity index (χ1n) is 9.32. The van der Waals surface area contributed by atoms with Gasteiger partial charge in [0, 0.05) is 6.61 Å². The molecular weight excluding hydrogens is 288 g/mol. The number of carbonyl (C=O) groups is 1. The van der Waals surface area contributed by atoms with Crippen LogP contribution >= 0.6 is 0 Å². The SMILES string of the molecule is C=C1C(=O)[C@]23C[C@H]1CC[C@H]2[C@]1(C)CCC[C@](C)(CO)[C@H]1C[C@@H]3O. The van der Waals surface area contributed by atoms with E-state index in [4.69, 9.17) is 0 Å². The number of hydrogen-bond donors (Lipinski definition) is 2. The van der Waals surface area contributed by atoms with Crippen molar-refractivity contribution in [1.82, 2.24) is 0 Å². The highest BCUT2D eigenvalue weighted by Crippen LogP contribution is 2.70. The molecule has 3 nitrogen and oxygen atoms in total. The highest BCUT2D eigenvalue weighted by molar-refractivity contribution is 6.03. The minimum atomic E-state index is -0.570. The van der Waals surface area contributed by atoms with Crippen LogP contribution in [0.4, 0.5) is 0 Å². The molecule has 4 aliphatic carbocycles. The molecular formula is C20H30O3. The Bertz CT molecular complexity index is 569. The van der Waals surface area contributed by atoms with Crippen LogP contribution < -0.4 is 0 Å². The van der Waals surface area contributed by atoms with Crippen LogP contribution in [0.1, 0.15) is 58.8 Å². The molecule has 128 valence electrons. The van der Waals surface area contributed by atoms with E-state index >= 15 is 0 Å². The van der Waals surface area contributed by atoms with E-state index in [0.717, 1.165) is 44.1 Å². The topological polar surface area (TPSA) is 57.5 Å². The van der Waals surface area contributed by atoms with Crippen LogP contribution in [-0.2, 0) is 4.79 Å². The van der Waals surface area contributed by atoms with Gasteiger partial charge in [-0.05, 0) is 72.7 Å². The van der Waals surface area contributed by atoms with Gasteiger partial charge in [-0.1, -0.05) is 26.8 Å². The Hall–Kier alpha value is -0.670. The third-order valence-corrected chi connectivity index (χ3v) is 8.53. The monoisotopic (exact) mass is 318 g/mol. The maximum Gasteiger partial charge on any atom is 0.167 e. The first-order valence-corrected chi connectivity index (χ1v) is 9.32. The number of ketones is 1. The Morgan fingerprint density at radius 3 is 2.65 bits per heavy atom. The Morgan fingerprint density at radius 2 is 1.96 bits per heavy atom. The number of hydrogen-bond acceptors (Lipinski definition) is 3. The predicted molar refractivity (Wildman–Crippen MR) is 88.7 cm³/mol.